The monoisotopic (exact) mass is 266 g/mol. The minimum Gasteiger partial charge on any atom is -0.312 e. The molecule has 0 aromatic rings. The van der Waals surface area contributed by atoms with Gasteiger partial charge in [-0.3, -0.25) is 0 Å². The molecule has 1 N–H and O–H groups in total. The van der Waals surface area contributed by atoms with Crippen LogP contribution in [0.5, 0.6) is 0 Å². The first-order chi connectivity index (χ1) is 8.94. The van der Waals surface area contributed by atoms with Crippen LogP contribution in [-0.2, 0) is 0 Å². The zero-order chi connectivity index (χ0) is 13.9. The van der Waals surface area contributed by atoms with E-state index in [1.165, 1.54) is 58.2 Å². The first-order valence-corrected chi connectivity index (χ1v) is 8.43. The van der Waals surface area contributed by atoms with Gasteiger partial charge in [-0.25, -0.2) is 0 Å². The van der Waals surface area contributed by atoms with E-state index in [-0.39, 0.29) is 5.54 Å². The molecule has 2 heteroatoms. The highest BCUT2D eigenvalue weighted by atomic mass is 15.2. The van der Waals surface area contributed by atoms with Crippen molar-refractivity contribution < 1.29 is 0 Å². The summed E-state index contributed by atoms with van der Waals surface area (Å²) in [5.74, 6) is 1.82. The van der Waals surface area contributed by atoms with Crippen molar-refractivity contribution in [1.29, 1.82) is 0 Å². The van der Waals surface area contributed by atoms with Crippen LogP contribution in [-0.4, -0.2) is 36.1 Å². The van der Waals surface area contributed by atoms with Crippen molar-refractivity contribution in [2.24, 2.45) is 11.8 Å². The fourth-order valence-electron chi connectivity index (χ4n) is 3.78. The van der Waals surface area contributed by atoms with Gasteiger partial charge in [0.2, 0.25) is 0 Å². The number of rotatable bonds is 3. The summed E-state index contributed by atoms with van der Waals surface area (Å²) in [5.41, 5.74) is 0.266. The Labute approximate surface area is 120 Å². The zero-order valence-corrected chi connectivity index (χ0v) is 13.5. The van der Waals surface area contributed by atoms with Crippen LogP contribution in [0.15, 0.2) is 0 Å². The Morgan fingerprint density at radius 3 is 2.58 bits per heavy atom. The van der Waals surface area contributed by atoms with Crippen molar-refractivity contribution in [3.05, 3.63) is 0 Å². The molecule has 0 aromatic carbocycles. The summed E-state index contributed by atoms with van der Waals surface area (Å²) in [6, 6.07) is 0.890. The average Bonchev–Trinajstić information content (AvgIpc) is 2.36. The normalized spacial score (nSPS) is 34.4. The first-order valence-electron chi connectivity index (χ1n) is 8.43. The molecule has 1 saturated carbocycles. The third-order valence-electron chi connectivity index (χ3n) is 4.90. The maximum absolute atomic E-state index is 3.70. The lowest BCUT2D eigenvalue weighted by atomic mass is 9.84. The minimum absolute atomic E-state index is 0.266. The predicted octanol–water partition coefficient (Wildman–Crippen LogP) is 3.67. The number of piperidine rings is 1. The lowest BCUT2D eigenvalue weighted by Crippen LogP contribution is -2.48. The van der Waals surface area contributed by atoms with Crippen LogP contribution in [0.4, 0.5) is 0 Å². The highest BCUT2D eigenvalue weighted by molar-refractivity contribution is 4.84. The summed E-state index contributed by atoms with van der Waals surface area (Å²) in [4.78, 5) is 2.81. The van der Waals surface area contributed by atoms with Crippen molar-refractivity contribution in [3.63, 3.8) is 0 Å². The van der Waals surface area contributed by atoms with Gasteiger partial charge >= 0.3 is 0 Å². The van der Waals surface area contributed by atoms with Gasteiger partial charge in [0.05, 0.1) is 0 Å². The quantitative estimate of drug-likeness (QED) is 0.838. The largest absolute Gasteiger partial charge is 0.312 e. The van der Waals surface area contributed by atoms with E-state index in [0.29, 0.717) is 0 Å². The molecule has 0 radical (unpaired) electrons. The Morgan fingerprint density at radius 1 is 1.11 bits per heavy atom. The molecule has 2 fully saturated rings. The first kappa shape index (κ1) is 15.3. The highest BCUT2D eigenvalue weighted by Crippen LogP contribution is 2.30. The van der Waals surface area contributed by atoms with Crippen LogP contribution in [0.3, 0.4) is 0 Å². The van der Waals surface area contributed by atoms with Gasteiger partial charge in [0.1, 0.15) is 0 Å². The Kier molecular flexibility index (Phi) is 5.30. The third kappa shape index (κ3) is 5.07. The summed E-state index contributed by atoms with van der Waals surface area (Å²) in [6.07, 6.45) is 8.62. The number of nitrogens with one attached hydrogen (secondary N) is 1. The molecule has 2 rings (SSSR count). The Morgan fingerprint density at radius 2 is 1.89 bits per heavy atom. The SMILES string of the molecule is CC1CCCC(N2CCCC(CNC(C)(C)C)C2)C1. The third-order valence-corrected chi connectivity index (χ3v) is 4.90. The lowest BCUT2D eigenvalue weighted by molar-refractivity contribution is 0.0829. The predicted molar refractivity (Wildman–Crippen MR) is 83.5 cm³/mol. The second-order valence-corrected chi connectivity index (χ2v) is 8.06. The van der Waals surface area contributed by atoms with Gasteiger partial charge in [-0.05, 0) is 71.4 Å². The molecule has 19 heavy (non-hydrogen) atoms. The lowest BCUT2D eigenvalue weighted by Gasteiger charge is -2.42. The van der Waals surface area contributed by atoms with Crippen LogP contribution in [0, 0.1) is 11.8 Å². The summed E-state index contributed by atoms with van der Waals surface area (Å²) in [7, 11) is 0. The maximum Gasteiger partial charge on any atom is 0.00979 e. The molecule has 0 bridgehead atoms. The van der Waals surface area contributed by atoms with Crippen molar-refractivity contribution in [2.45, 2.75) is 77.8 Å². The number of hydrogen-bond acceptors (Lipinski definition) is 2. The van der Waals surface area contributed by atoms with Gasteiger partial charge in [-0.2, -0.15) is 0 Å². The topological polar surface area (TPSA) is 15.3 Å². The van der Waals surface area contributed by atoms with Gasteiger partial charge < -0.3 is 10.2 Å². The van der Waals surface area contributed by atoms with Crippen LogP contribution >= 0.6 is 0 Å². The molecule has 2 aliphatic rings. The van der Waals surface area contributed by atoms with E-state index in [2.05, 4.69) is 37.9 Å². The van der Waals surface area contributed by atoms with Crippen molar-refractivity contribution in [3.8, 4) is 0 Å². The van der Waals surface area contributed by atoms with Crippen molar-refractivity contribution >= 4 is 0 Å². The van der Waals surface area contributed by atoms with E-state index in [0.717, 1.165) is 17.9 Å². The Balaban J connectivity index is 1.79. The second-order valence-electron chi connectivity index (χ2n) is 8.06. The second kappa shape index (κ2) is 6.58. The van der Waals surface area contributed by atoms with Crippen LogP contribution in [0.2, 0.25) is 0 Å². The van der Waals surface area contributed by atoms with E-state index in [1.54, 1.807) is 0 Å². The molecular formula is C17H34N2. The van der Waals surface area contributed by atoms with Gasteiger partial charge in [0.25, 0.3) is 0 Å². The number of nitrogens with zero attached hydrogens (tertiary/aromatic N) is 1. The maximum atomic E-state index is 3.70. The molecule has 1 aliphatic carbocycles. The zero-order valence-electron chi connectivity index (χ0n) is 13.5. The molecule has 3 unspecified atom stereocenters. The smallest absolute Gasteiger partial charge is 0.00979 e. The van der Waals surface area contributed by atoms with Gasteiger partial charge in [0.15, 0.2) is 0 Å². The molecule has 3 atom stereocenters. The Hall–Kier alpha value is -0.0800. The van der Waals surface area contributed by atoms with Crippen LogP contribution < -0.4 is 5.32 Å². The molecule has 0 amide bonds. The van der Waals surface area contributed by atoms with Gasteiger partial charge in [0, 0.05) is 18.1 Å². The van der Waals surface area contributed by atoms with E-state index in [9.17, 15) is 0 Å². The molecule has 112 valence electrons. The molecule has 0 spiro atoms. The summed E-state index contributed by atoms with van der Waals surface area (Å²) >= 11 is 0. The van der Waals surface area contributed by atoms with Crippen LogP contribution in [0.1, 0.15) is 66.2 Å². The Bertz CT molecular complexity index is 269. The molecule has 1 aliphatic heterocycles. The minimum atomic E-state index is 0.266. The van der Waals surface area contributed by atoms with Crippen LogP contribution in [0.25, 0.3) is 0 Å². The number of likely N-dealkylation sites (tertiary alicyclic amines) is 1. The molecule has 0 aromatic heterocycles. The van der Waals surface area contributed by atoms with Gasteiger partial charge in [-0.1, -0.05) is 19.8 Å². The van der Waals surface area contributed by atoms with E-state index < -0.39 is 0 Å². The summed E-state index contributed by atoms with van der Waals surface area (Å²) < 4.78 is 0. The van der Waals surface area contributed by atoms with E-state index in [4.69, 9.17) is 0 Å². The molecular weight excluding hydrogens is 232 g/mol. The fourth-order valence-corrected chi connectivity index (χ4v) is 3.78. The molecule has 1 heterocycles. The average molecular weight is 266 g/mol. The van der Waals surface area contributed by atoms with Crippen molar-refractivity contribution in [2.75, 3.05) is 19.6 Å². The van der Waals surface area contributed by atoms with E-state index >= 15 is 0 Å². The summed E-state index contributed by atoms with van der Waals surface area (Å²) in [6.45, 7) is 13.1. The van der Waals surface area contributed by atoms with Crippen molar-refractivity contribution in [1.82, 2.24) is 10.2 Å². The number of hydrogen-bond donors (Lipinski definition) is 1. The summed E-state index contributed by atoms with van der Waals surface area (Å²) in [5, 5.41) is 3.70. The fraction of sp³-hybridized carbons (Fsp3) is 1.00. The molecule has 1 saturated heterocycles. The highest BCUT2D eigenvalue weighted by Gasteiger charge is 2.29. The molecule has 2 nitrogen and oxygen atoms in total. The standard InChI is InChI=1S/C17H34N2/c1-14-7-5-9-16(11-14)19-10-6-8-15(13-19)12-18-17(2,3)4/h14-16,18H,5-13H2,1-4H3. The van der Waals surface area contributed by atoms with Gasteiger partial charge in [-0.15, -0.1) is 0 Å². The van der Waals surface area contributed by atoms with E-state index in [1.807, 2.05) is 0 Å².